The molecule has 1 aliphatic rings. The Balaban J connectivity index is 3.31. The normalized spacial score (nSPS) is 25.1. The number of carboxylic acid groups (broad SMARTS) is 1. The highest BCUT2D eigenvalue weighted by molar-refractivity contribution is 6.74. The Morgan fingerprint density at radius 3 is 2.14 bits per heavy atom. The maximum atomic E-state index is 12.0. The fraction of sp³-hybridized carbons (Fsp3) is 0.905. The number of rotatable bonds is 10. The van der Waals surface area contributed by atoms with Gasteiger partial charge in [0.2, 0.25) is 5.91 Å². The average molecular weight is 415 g/mol. The summed E-state index contributed by atoms with van der Waals surface area (Å²) in [4.78, 5) is 23.8. The predicted octanol–water partition coefficient (Wildman–Crippen LogP) is 3.76. The molecule has 1 fully saturated rings. The maximum Gasteiger partial charge on any atom is 0.306 e. The minimum absolute atomic E-state index is 0.0203. The summed E-state index contributed by atoms with van der Waals surface area (Å²) < 4.78 is 6.79. The van der Waals surface area contributed by atoms with Gasteiger partial charge in [-0.1, -0.05) is 47.5 Å². The van der Waals surface area contributed by atoms with E-state index in [1.165, 1.54) is 6.92 Å². The third-order valence-electron chi connectivity index (χ3n) is 6.95. The first kappa shape index (κ1) is 25.1. The first-order valence-corrected chi connectivity index (χ1v) is 13.6. The van der Waals surface area contributed by atoms with E-state index in [0.29, 0.717) is 12.3 Å². The number of carbonyl (C=O) groups excluding carboxylic acids is 1. The highest BCUT2D eigenvalue weighted by atomic mass is 28.4. The Kier molecular flexibility index (Phi) is 8.72. The lowest BCUT2D eigenvalue weighted by atomic mass is 9.65. The number of nitrogens with two attached hydrogens (primary N) is 1. The third kappa shape index (κ3) is 6.04. The molecule has 164 valence electrons. The van der Waals surface area contributed by atoms with E-state index in [0.717, 1.165) is 19.3 Å². The molecule has 0 aromatic carbocycles. The van der Waals surface area contributed by atoms with Crippen LogP contribution in [0.5, 0.6) is 0 Å². The Morgan fingerprint density at radius 1 is 1.25 bits per heavy atom. The first-order chi connectivity index (χ1) is 12.7. The molecule has 0 radical (unpaired) electrons. The number of nitrogens with one attached hydrogen (secondary N) is 1. The highest BCUT2D eigenvalue weighted by Gasteiger charge is 2.53. The number of carboxylic acids is 1. The molecule has 1 rings (SSSR count). The second kappa shape index (κ2) is 9.72. The predicted molar refractivity (Wildman–Crippen MR) is 116 cm³/mol. The molecule has 0 aliphatic heterocycles. The smallest absolute Gasteiger partial charge is 0.306 e. The summed E-state index contributed by atoms with van der Waals surface area (Å²) in [5.74, 6) is -1.28. The molecule has 0 aromatic heterocycles. The van der Waals surface area contributed by atoms with E-state index >= 15 is 0 Å². The van der Waals surface area contributed by atoms with Crippen LogP contribution in [0.25, 0.3) is 0 Å². The van der Waals surface area contributed by atoms with E-state index < -0.39 is 20.2 Å². The molecule has 7 heteroatoms. The topological polar surface area (TPSA) is 102 Å². The second-order valence-corrected chi connectivity index (χ2v) is 14.7. The third-order valence-corrected chi connectivity index (χ3v) is 11.4. The fourth-order valence-corrected chi connectivity index (χ4v) is 5.27. The number of carbonyl (C=O) groups is 2. The molecule has 28 heavy (non-hydrogen) atoms. The van der Waals surface area contributed by atoms with Crippen molar-refractivity contribution in [2.24, 2.45) is 23.5 Å². The molecule has 0 spiro atoms. The van der Waals surface area contributed by atoms with E-state index in [1.807, 2.05) is 0 Å². The quantitative estimate of drug-likeness (QED) is 0.472. The van der Waals surface area contributed by atoms with Gasteiger partial charge in [-0.2, -0.15) is 0 Å². The number of hydrogen-bond acceptors (Lipinski definition) is 4. The second-order valence-electron chi connectivity index (χ2n) is 9.99. The SMILES string of the molecule is CCC(CC)CC(NC(C)=O)[C@H](O[Si](C)(C)C(C)(C)C)[C@@H]1[C@H](N)C[C@H]1C(=O)O. The first-order valence-electron chi connectivity index (χ1n) is 10.7. The monoisotopic (exact) mass is 414 g/mol. The van der Waals surface area contributed by atoms with Gasteiger partial charge in [-0.15, -0.1) is 0 Å². The standard InChI is InChI=1S/C21H42N2O4Si/c1-9-14(10-2)11-17(23-13(3)24)19(27-28(7,8)21(4,5)6)18-15(20(25)26)12-16(18)22/h14-19H,9-12,22H2,1-8H3,(H,23,24)(H,25,26)/t15-,16-,17?,18+,19+/m1/s1. The summed E-state index contributed by atoms with van der Waals surface area (Å²) in [5.41, 5.74) is 6.30. The van der Waals surface area contributed by atoms with Crippen LogP contribution in [-0.2, 0) is 14.0 Å². The van der Waals surface area contributed by atoms with Crippen LogP contribution in [0.4, 0.5) is 0 Å². The van der Waals surface area contributed by atoms with E-state index in [-0.39, 0.29) is 35.1 Å². The molecule has 1 saturated carbocycles. The lowest BCUT2D eigenvalue weighted by Crippen LogP contribution is -2.64. The maximum absolute atomic E-state index is 12.0. The van der Waals surface area contributed by atoms with Gasteiger partial charge in [-0.25, -0.2) is 0 Å². The molecular formula is C21H42N2O4Si. The Morgan fingerprint density at radius 2 is 1.79 bits per heavy atom. The minimum atomic E-state index is -2.19. The highest BCUT2D eigenvalue weighted by Crippen LogP contribution is 2.44. The van der Waals surface area contributed by atoms with E-state index in [4.69, 9.17) is 10.2 Å². The zero-order chi connectivity index (χ0) is 21.9. The summed E-state index contributed by atoms with van der Waals surface area (Å²) in [6.45, 7) is 16.7. The van der Waals surface area contributed by atoms with Crippen LogP contribution < -0.4 is 11.1 Å². The van der Waals surface area contributed by atoms with E-state index in [1.54, 1.807) is 0 Å². The molecule has 6 nitrogen and oxygen atoms in total. The van der Waals surface area contributed by atoms with Crippen molar-refractivity contribution in [3.8, 4) is 0 Å². The van der Waals surface area contributed by atoms with Crippen LogP contribution in [0, 0.1) is 17.8 Å². The Labute approximate surface area is 172 Å². The lowest BCUT2D eigenvalue weighted by molar-refractivity contribution is -0.153. The van der Waals surface area contributed by atoms with Gasteiger partial charge in [0.25, 0.3) is 0 Å². The molecule has 0 bridgehead atoms. The summed E-state index contributed by atoms with van der Waals surface area (Å²) in [5, 5.41) is 12.8. The van der Waals surface area contributed by atoms with Crippen LogP contribution >= 0.6 is 0 Å². The molecule has 1 unspecified atom stereocenters. The van der Waals surface area contributed by atoms with Gasteiger partial charge in [-0.3, -0.25) is 9.59 Å². The molecule has 5 atom stereocenters. The van der Waals surface area contributed by atoms with Crippen LogP contribution in [-0.4, -0.2) is 43.5 Å². The van der Waals surface area contributed by atoms with Gasteiger partial charge in [0, 0.05) is 18.9 Å². The number of aliphatic carboxylic acids is 1. The lowest BCUT2D eigenvalue weighted by Gasteiger charge is -2.51. The van der Waals surface area contributed by atoms with E-state index in [9.17, 15) is 14.7 Å². The average Bonchev–Trinajstić information content (AvgIpc) is 2.53. The Hall–Kier alpha value is -0.923. The molecule has 0 heterocycles. The van der Waals surface area contributed by atoms with Crippen LogP contribution in [0.15, 0.2) is 0 Å². The fourth-order valence-electron chi connectivity index (χ4n) is 3.91. The summed E-state index contributed by atoms with van der Waals surface area (Å²) in [6.07, 6.45) is 2.89. The molecule has 1 aliphatic carbocycles. The zero-order valence-electron chi connectivity index (χ0n) is 19.0. The summed E-state index contributed by atoms with van der Waals surface area (Å²) >= 11 is 0. The van der Waals surface area contributed by atoms with Crippen LogP contribution in [0.3, 0.4) is 0 Å². The van der Waals surface area contributed by atoms with Gasteiger partial charge in [-0.05, 0) is 36.9 Å². The van der Waals surface area contributed by atoms with Gasteiger partial charge in [0.05, 0.1) is 18.1 Å². The summed E-state index contributed by atoms with van der Waals surface area (Å²) in [7, 11) is -2.19. The minimum Gasteiger partial charge on any atom is -0.481 e. The van der Waals surface area contributed by atoms with Crippen molar-refractivity contribution in [1.29, 1.82) is 0 Å². The molecular weight excluding hydrogens is 372 g/mol. The number of amides is 1. The van der Waals surface area contributed by atoms with Crippen LogP contribution in [0.2, 0.25) is 18.1 Å². The van der Waals surface area contributed by atoms with Gasteiger partial charge >= 0.3 is 5.97 Å². The van der Waals surface area contributed by atoms with E-state index in [2.05, 4.69) is 53.0 Å². The van der Waals surface area contributed by atoms with Crippen molar-refractivity contribution < 1.29 is 19.1 Å². The van der Waals surface area contributed by atoms with Gasteiger partial charge in [0.15, 0.2) is 8.32 Å². The van der Waals surface area contributed by atoms with Crippen molar-refractivity contribution in [2.45, 2.75) is 104 Å². The molecule has 0 saturated heterocycles. The Bertz CT molecular complexity index is 543. The molecule has 4 N–H and O–H groups in total. The van der Waals surface area contributed by atoms with Gasteiger partial charge in [0.1, 0.15) is 0 Å². The van der Waals surface area contributed by atoms with Crippen LogP contribution in [0.1, 0.15) is 67.2 Å². The largest absolute Gasteiger partial charge is 0.481 e. The van der Waals surface area contributed by atoms with Gasteiger partial charge < -0.3 is 20.6 Å². The molecule has 1 amide bonds. The zero-order valence-corrected chi connectivity index (χ0v) is 20.0. The van der Waals surface area contributed by atoms with Crippen molar-refractivity contribution >= 4 is 20.2 Å². The van der Waals surface area contributed by atoms with Crippen molar-refractivity contribution in [1.82, 2.24) is 5.32 Å². The van der Waals surface area contributed by atoms with Crippen molar-refractivity contribution in [3.63, 3.8) is 0 Å². The van der Waals surface area contributed by atoms with Crippen molar-refractivity contribution in [2.75, 3.05) is 0 Å². The van der Waals surface area contributed by atoms with Crippen molar-refractivity contribution in [3.05, 3.63) is 0 Å². The number of hydrogen-bond donors (Lipinski definition) is 3. The summed E-state index contributed by atoms with van der Waals surface area (Å²) in [6, 6.07) is -0.441. The molecule has 0 aromatic rings.